The molecule has 8 heteroatoms. The molecule has 110 valence electrons. The summed E-state index contributed by atoms with van der Waals surface area (Å²) in [6, 6.07) is 6.55. The quantitative estimate of drug-likeness (QED) is 0.501. The van der Waals surface area contributed by atoms with Crippen molar-refractivity contribution in [2.24, 2.45) is 0 Å². The first-order chi connectivity index (χ1) is 10.0. The Kier molecular flexibility index (Phi) is 4.17. The Labute approximate surface area is 118 Å². The van der Waals surface area contributed by atoms with Gasteiger partial charge in [-0.2, -0.15) is 0 Å². The van der Waals surface area contributed by atoms with Crippen LogP contribution in [-0.2, 0) is 11.3 Å². The molecule has 1 aromatic carbocycles. The van der Waals surface area contributed by atoms with Gasteiger partial charge >= 0.3 is 5.97 Å². The van der Waals surface area contributed by atoms with Crippen LogP contribution < -0.4 is 5.32 Å². The number of esters is 1. The third-order valence-electron chi connectivity index (χ3n) is 2.78. The van der Waals surface area contributed by atoms with E-state index in [0.717, 1.165) is 6.07 Å². The number of nitro benzene ring substituents is 1. The zero-order chi connectivity index (χ0) is 15.4. The van der Waals surface area contributed by atoms with Gasteiger partial charge in [-0.15, -0.1) is 0 Å². The number of anilines is 1. The lowest BCUT2D eigenvalue weighted by Crippen LogP contribution is -2.04. The molecular weight excluding hydrogens is 281 g/mol. The number of nitrogens with one attached hydrogen (secondary N) is 2. The van der Waals surface area contributed by atoms with Crippen molar-refractivity contribution in [2.75, 3.05) is 12.4 Å². The minimum absolute atomic E-state index is 0.134. The van der Waals surface area contributed by atoms with Crippen molar-refractivity contribution < 1.29 is 18.8 Å². The van der Waals surface area contributed by atoms with E-state index in [-0.39, 0.29) is 17.9 Å². The number of halogens is 1. The summed E-state index contributed by atoms with van der Waals surface area (Å²) in [5, 5.41) is 13.3. The summed E-state index contributed by atoms with van der Waals surface area (Å²) in [7, 11) is 1.27. The number of ether oxygens (including phenoxy) is 1. The Morgan fingerprint density at radius 2 is 2.19 bits per heavy atom. The molecule has 0 unspecified atom stereocenters. The molecule has 1 heterocycles. The summed E-state index contributed by atoms with van der Waals surface area (Å²) in [4.78, 5) is 23.9. The van der Waals surface area contributed by atoms with Crippen LogP contribution >= 0.6 is 0 Å². The molecule has 0 aliphatic rings. The van der Waals surface area contributed by atoms with Crippen molar-refractivity contribution in [3.8, 4) is 0 Å². The standard InChI is InChI=1S/C13H12FN3O4/c1-21-13(18)12-4-2-8(16-12)7-15-11-5-3-9(17(19)20)6-10(11)14/h2-6,15-16H,7H2,1H3. The highest BCUT2D eigenvalue weighted by atomic mass is 19.1. The van der Waals surface area contributed by atoms with Gasteiger partial charge in [-0.1, -0.05) is 0 Å². The third-order valence-corrected chi connectivity index (χ3v) is 2.78. The largest absolute Gasteiger partial charge is 0.464 e. The molecule has 0 radical (unpaired) electrons. The van der Waals surface area contributed by atoms with Gasteiger partial charge in [0.2, 0.25) is 0 Å². The molecule has 0 bridgehead atoms. The Morgan fingerprint density at radius 1 is 1.43 bits per heavy atom. The number of hydrogen-bond acceptors (Lipinski definition) is 5. The van der Waals surface area contributed by atoms with Crippen molar-refractivity contribution in [2.45, 2.75) is 6.54 Å². The fraction of sp³-hybridized carbons (Fsp3) is 0.154. The Bertz CT molecular complexity index is 684. The molecule has 0 atom stereocenters. The number of carbonyl (C=O) groups excluding carboxylic acids is 1. The number of H-pyrrole nitrogens is 1. The van der Waals surface area contributed by atoms with E-state index in [0.29, 0.717) is 11.4 Å². The number of methoxy groups -OCH3 is 1. The number of hydrogen-bond donors (Lipinski definition) is 2. The van der Waals surface area contributed by atoms with Crippen LogP contribution in [-0.4, -0.2) is 23.0 Å². The monoisotopic (exact) mass is 293 g/mol. The number of non-ortho nitro benzene ring substituents is 1. The second-order valence-electron chi connectivity index (χ2n) is 4.16. The summed E-state index contributed by atoms with van der Waals surface area (Å²) >= 11 is 0. The molecule has 2 aromatic rings. The van der Waals surface area contributed by atoms with Gasteiger partial charge in [-0.3, -0.25) is 10.1 Å². The van der Waals surface area contributed by atoms with Crippen molar-refractivity contribution in [1.82, 2.24) is 4.98 Å². The van der Waals surface area contributed by atoms with Gasteiger partial charge < -0.3 is 15.0 Å². The van der Waals surface area contributed by atoms with E-state index >= 15 is 0 Å². The highest BCUT2D eigenvalue weighted by Crippen LogP contribution is 2.21. The van der Waals surface area contributed by atoms with Crippen LogP contribution in [0.5, 0.6) is 0 Å². The minimum Gasteiger partial charge on any atom is -0.464 e. The normalized spacial score (nSPS) is 10.2. The van der Waals surface area contributed by atoms with E-state index in [2.05, 4.69) is 15.0 Å². The SMILES string of the molecule is COC(=O)c1ccc(CNc2ccc([N+](=O)[O-])cc2F)[nH]1. The maximum absolute atomic E-state index is 13.6. The second kappa shape index (κ2) is 6.04. The maximum Gasteiger partial charge on any atom is 0.354 e. The Morgan fingerprint density at radius 3 is 2.81 bits per heavy atom. The average molecular weight is 293 g/mol. The number of benzene rings is 1. The lowest BCUT2D eigenvalue weighted by Gasteiger charge is -2.06. The summed E-state index contributed by atoms with van der Waals surface area (Å²) in [6.07, 6.45) is 0. The molecule has 0 amide bonds. The summed E-state index contributed by atoms with van der Waals surface area (Å²) in [5.74, 6) is -1.22. The van der Waals surface area contributed by atoms with Gasteiger partial charge in [0.05, 0.1) is 30.3 Å². The van der Waals surface area contributed by atoms with Gasteiger partial charge in [0.15, 0.2) is 5.82 Å². The van der Waals surface area contributed by atoms with E-state index in [1.807, 2.05) is 0 Å². The van der Waals surface area contributed by atoms with Crippen LogP contribution in [0.3, 0.4) is 0 Å². The molecule has 0 aliphatic heterocycles. The number of rotatable bonds is 5. The van der Waals surface area contributed by atoms with Crippen LogP contribution in [0.2, 0.25) is 0 Å². The number of carbonyl (C=O) groups is 1. The number of aromatic amines is 1. The number of nitro groups is 1. The van der Waals surface area contributed by atoms with E-state index < -0.39 is 16.7 Å². The fourth-order valence-corrected chi connectivity index (χ4v) is 1.72. The molecule has 2 N–H and O–H groups in total. The van der Waals surface area contributed by atoms with Crippen molar-refractivity contribution in [3.63, 3.8) is 0 Å². The van der Waals surface area contributed by atoms with E-state index in [1.165, 1.54) is 19.2 Å². The molecule has 21 heavy (non-hydrogen) atoms. The first-order valence-corrected chi connectivity index (χ1v) is 5.95. The molecule has 1 aromatic heterocycles. The van der Waals surface area contributed by atoms with Crippen molar-refractivity contribution in [1.29, 1.82) is 0 Å². The molecule has 0 spiro atoms. The first-order valence-electron chi connectivity index (χ1n) is 5.95. The predicted octanol–water partition coefficient (Wildman–Crippen LogP) is 2.46. The average Bonchev–Trinajstić information content (AvgIpc) is 2.93. The number of nitrogens with zero attached hydrogens (tertiary/aromatic N) is 1. The van der Waals surface area contributed by atoms with Gasteiger partial charge in [0.25, 0.3) is 5.69 Å². The molecular formula is C13H12FN3O4. The van der Waals surface area contributed by atoms with E-state index in [4.69, 9.17) is 0 Å². The topological polar surface area (TPSA) is 97.3 Å². The lowest BCUT2D eigenvalue weighted by molar-refractivity contribution is -0.385. The van der Waals surface area contributed by atoms with Crippen LogP contribution in [0.1, 0.15) is 16.2 Å². The summed E-state index contributed by atoms with van der Waals surface area (Å²) in [6.45, 7) is 0.228. The fourth-order valence-electron chi connectivity index (χ4n) is 1.72. The highest BCUT2D eigenvalue weighted by molar-refractivity contribution is 5.87. The van der Waals surface area contributed by atoms with Gasteiger partial charge in [-0.05, 0) is 18.2 Å². The van der Waals surface area contributed by atoms with Gasteiger partial charge in [0.1, 0.15) is 5.69 Å². The smallest absolute Gasteiger partial charge is 0.354 e. The van der Waals surface area contributed by atoms with Crippen LogP contribution in [0, 0.1) is 15.9 Å². The van der Waals surface area contributed by atoms with Crippen molar-refractivity contribution in [3.05, 3.63) is 57.7 Å². The first kappa shape index (κ1) is 14.5. The minimum atomic E-state index is -0.719. The van der Waals surface area contributed by atoms with Crippen molar-refractivity contribution >= 4 is 17.3 Å². The van der Waals surface area contributed by atoms with Crippen LogP contribution in [0.25, 0.3) is 0 Å². The van der Waals surface area contributed by atoms with E-state index in [9.17, 15) is 19.3 Å². The molecule has 0 saturated heterocycles. The Balaban J connectivity index is 2.04. The van der Waals surface area contributed by atoms with Crippen LogP contribution in [0.4, 0.5) is 15.8 Å². The predicted molar refractivity (Wildman–Crippen MR) is 72.5 cm³/mol. The summed E-state index contributed by atoms with van der Waals surface area (Å²) < 4.78 is 18.2. The van der Waals surface area contributed by atoms with Crippen LogP contribution in [0.15, 0.2) is 30.3 Å². The molecule has 2 rings (SSSR count). The highest BCUT2D eigenvalue weighted by Gasteiger charge is 2.11. The lowest BCUT2D eigenvalue weighted by atomic mass is 10.2. The third kappa shape index (κ3) is 3.35. The zero-order valence-electron chi connectivity index (χ0n) is 11.1. The second-order valence-corrected chi connectivity index (χ2v) is 4.16. The molecule has 0 fully saturated rings. The molecule has 0 saturated carbocycles. The Hall–Kier alpha value is -2.90. The van der Waals surface area contributed by atoms with E-state index in [1.54, 1.807) is 12.1 Å². The molecule has 0 aliphatic carbocycles. The maximum atomic E-state index is 13.6. The van der Waals surface area contributed by atoms with Gasteiger partial charge in [0, 0.05) is 11.8 Å². The molecule has 7 nitrogen and oxygen atoms in total. The number of aromatic nitrogens is 1. The van der Waals surface area contributed by atoms with Gasteiger partial charge in [-0.25, -0.2) is 9.18 Å². The zero-order valence-corrected chi connectivity index (χ0v) is 11.1. The summed E-state index contributed by atoms with van der Waals surface area (Å²) in [5.41, 5.74) is 0.757.